The van der Waals surface area contributed by atoms with Gasteiger partial charge in [0.05, 0.1) is 11.8 Å². The molecule has 4 nitrogen and oxygen atoms in total. The molecule has 1 aromatic rings. The van der Waals surface area contributed by atoms with Gasteiger partial charge >= 0.3 is 0 Å². The molecule has 1 rings (SSSR count). The highest BCUT2D eigenvalue weighted by Crippen LogP contribution is 2.05. The Hall–Kier alpha value is -1.38. The molecule has 0 aliphatic carbocycles. The quantitative estimate of drug-likeness (QED) is 0.769. The molecular formula is C12H16N2O2S. The molecule has 0 unspecified atom stereocenters. The Morgan fingerprint density at radius 2 is 1.94 bits per heavy atom. The van der Waals surface area contributed by atoms with Crippen LogP contribution >= 0.6 is 0 Å². The highest BCUT2D eigenvalue weighted by Gasteiger charge is 2.16. The number of rotatable bonds is 6. The van der Waals surface area contributed by atoms with Crippen molar-refractivity contribution in [3.05, 3.63) is 35.9 Å². The molecular weight excluding hydrogens is 236 g/mol. The minimum Gasteiger partial charge on any atom is -0.212 e. The van der Waals surface area contributed by atoms with Crippen molar-refractivity contribution in [2.45, 2.75) is 12.8 Å². The van der Waals surface area contributed by atoms with Crippen LogP contribution in [0.25, 0.3) is 0 Å². The van der Waals surface area contributed by atoms with Crippen LogP contribution in [0.1, 0.15) is 12.0 Å². The van der Waals surface area contributed by atoms with E-state index in [4.69, 9.17) is 5.26 Å². The molecule has 1 aromatic carbocycles. The van der Waals surface area contributed by atoms with Gasteiger partial charge in [0.15, 0.2) is 0 Å². The van der Waals surface area contributed by atoms with Crippen molar-refractivity contribution in [1.29, 1.82) is 5.26 Å². The largest absolute Gasteiger partial charge is 0.214 e. The normalized spacial score (nSPS) is 11.4. The lowest BCUT2D eigenvalue weighted by molar-refractivity contribution is 0.476. The maximum Gasteiger partial charge on any atom is 0.214 e. The summed E-state index contributed by atoms with van der Waals surface area (Å²) in [5.74, 6) is 0.0823. The monoisotopic (exact) mass is 252 g/mol. The van der Waals surface area contributed by atoms with E-state index in [1.54, 1.807) is 0 Å². The topological polar surface area (TPSA) is 61.2 Å². The average molecular weight is 252 g/mol. The summed E-state index contributed by atoms with van der Waals surface area (Å²) in [6.45, 7) is 0.258. The van der Waals surface area contributed by atoms with Crippen LogP contribution in [0.3, 0.4) is 0 Å². The molecule has 0 amide bonds. The second kappa shape index (κ2) is 6.38. The molecule has 0 aliphatic heterocycles. The van der Waals surface area contributed by atoms with Crippen LogP contribution < -0.4 is 0 Å². The van der Waals surface area contributed by atoms with E-state index in [1.165, 1.54) is 11.4 Å². The van der Waals surface area contributed by atoms with Gasteiger partial charge in [0.25, 0.3) is 0 Å². The van der Waals surface area contributed by atoms with E-state index < -0.39 is 10.0 Å². The van der Waals surface area contributed by atoms with E-state index in [-0.39, 0.29) is 18.7 Å². The van der Waals surface area contributed by atoms with Crippen LogP contribution in [0.4, 0.5) is 0 Å². The van der Waals surface area contributed by atoms with E-state index in [1.807, 2.05) is 36.4 Å². The SMILES string of the molecule is CN(CCC#N)S(=O)(=O)CCc1ccccc1. The fourth-order valence-electron chi connectivity index (χ4n) is 1.39. The van der Waals surface area contributed by atoms with Gasteiger partial charge in [-0.1, -0.05) is 30.3 Å². The number of nitrogens with zero attached hydrogens (tertiary/aromatic N) is 2. The standard InChI is InChI=1S/C12H16N2O2S/c1-14(10-5-9-13)17(15,16)11-8-12-6-3-2-4-7-12/h2-4,6-7H,5,8,10-11H2,1H3. The molecule has 0 radical (unpaired) electrons. The molecule has 0 N–H and O–H groups in total. The molecule has 0 bridgehead atoms. The van der Waals surface area contributed by atoms with Gasteiger partial charge in [0, 0.05) is 20.0 Å². The molecule has 0 aliphatic rings. The minimum atomic E-state index is -3.25. The molecule has 0 atom stereocenters. The Kier molecular flexibility index (Phi) is 5.13. The van der Waals surface area contributed by atoms with E-state index in [9.17, 15) is 8.42 Å². The van der Waals surface area contributed by atoms with Crippen LogP contribution in [-0.2, 0) is 16.4 Å². The van der Waals surface area contributed by atoms with Crippen LogP contribution in [-0.4, -0.2) is 32.1 Å². The molecule has 5 heteroatoms. The van der Waals surface area contributed by atoms with Crippen LogP contribution in [0.15, 0.2) is 30.3 Å². The fraction of sp³-hybridized carbons (Fsp3) is 0.417. The summed E-state index contributed by atoms with van der Waals surface area (Å²) < 4.78 is 24.9. The van der Waals surface area contributed by atoms with E-state index in [0.717, 1.165) is 5.56 Å². The molecule has 0 aromatic heterocycles. The number of aryl methyl sites for hydroxylation is 1. The van der Waals surface area contributed by atoms with E-state index >= 15 is 0 Å². The summed E-state index contributed by atoms with van der Waals surface area (Å²) in [7, 11) is -1.74. The van der Waals surface area contributed by atoms with Gasteiger partial charge < -0.3 is 0 Å². The molecule has 17 heavy (non-hydrogen) atoms. The predicted molar refractivity (Wildman–Crippen MR) is 66.8 cm³/mol. The third-order valence-electron chi connectivity index (χ3n) is 2.50. The zero-order valence-electron chi connectivity index (χ0n) is 9.83. The molecule has 92 valence electrons. The van der Waals surface area contributed by atoms with Crippen molar-refractivity contribution in [2.75, 3.05) is 19.3 Å². The first-order valence-electron chi connectivity index (χ1n) is 5.41. The van der Waals surface area contributed by atoms with Crippen molar-refractivity contribution >= 4 is 10.0 Å². The summed E-state index contributed by atoms with van der Waals surface area (Å²) in [6, 6.07) is 11.4. The minimum absolute atomic E-state index is 0.0823. The number of sulfonamides is 1. The van der Waals surface area contributed by atoms with Gasteiger partial charge in [-0.15, -0.1) is 0 Å². The Bertz CT molecular complexity index is 477. The lowest BCUT2D eigenvalue weighted by atomic mass is 10.2. The third kappa shape index (κ3) is 4.55. The number of nitriles is 1. The molecule has 0 spiro atoms. The molecule has 0 fully saturated rings. The summed E-state index contributed by atoms with van der Waals surface area (Å²) in [5, 5.41) is 8.42. The van der Waals surface area contributed by atoms with Crippen molar-refractivity contribution < 1.29 is 8.42 Å². The van der Waals surface area contributed by atoms with Crippen molar-refractivity contribution in [1.82, 2.24) is 4.31 Å². The first-order valence-corrected chi connectivity index (χ1v) is 7.02. The smallest absolute Gasteiger partial charge is 0.212 e. The first kappa shape index (κ1) is 13.7. The molecule has 0 saturated carbocycles. The lowest BCUT2D eigenvalue weighted by Crippen LogP contribution is -2.30. The number of hydrogen-bond donors (Lipinski definition) is 0. The fourth-order valence-corrected chi connectivity index (χ4v) is 2.57. The van der Waals surface area contributed by atoms with Gasteiger partial charge in [-0.2, -0.15) is 5.26 Å². The van der Waals surface area contributed by atoms with Crippen molar-refractivity contribution in [3.63, 3.8) is 0 Å². The number of hydrogen-bond acceptors (Lipinski definition) is 3. The van der Waals surface area contributed by atoms with Gasteiger partial charge in [-0.25, -0.2) is 12.7 Å². The second-order valence-corrected chi connectivity index (χ2v) is 5.98. The number of benzene rings is 1. The Balaban J connectivity index is 2.53. The zero-order chi connectivity index (χ0) is 12.7. The highest BCUT2D eigenvalue weighted by molar-refractivity contribution is 7.89. The van der Waals surface area contributed by atoms with Gasteiger partial charge in [-0.3, -0.25) is 0 Å². The summed E-state index contributed by atoms with van der Waals surface area (Å²) in [5.41, 5.74) is 1.00. The second-order valence-electron chi connectivity index (χ2n) is 3.78. The van der Waals surface area contributed by atoms with E-state index in [0.29, 0.717) is 6.42 Å². The first-order chi connectivity index (χ1) is 8.06. The van der Waals surface area contributed by atoms with Gasteiger partial charge in [0.2, 0.25) is 10.0 Å². The predicted octanol–water partition coefficient (Wildman–Crippen LogP) is 1.40. The Morgan fingerprint density at radius 3 is 2.53 bits per heavy atom. The van der Waals surface area contributed by atoms with Crippen LogP contribution in [0.5, 0.6) is 0 Å². The van der Waals surface area contributed by atoms with Crippen molar-refractivity contribution in [2.24, 2.45) is 0 Å². The Labute approximate surface area is 103 Å². The van der Waals surface area contributed by atoms with Crippen LogP contribution in [0.2, 0.25) is 0 Å². The summed E-state index contributed by atoms with van der Waals surface area (Å²) in [6.07, 6.45) is 0.723. The maximum absolute atomic E-state index is 11.8. The van der Waals surface area contributed by atoms with Gasteiger partial charge in [0.1, 0.15) is 0 Å². The molecule has 0 saturated heterocycles. The van der Waals surface area contributed by atoms with Crippen molar-refractivity contribution in [3.8, 4) is 6.07 Å². The average Bonchev–Trinajstić information content (AvgIpc) is 2.35. The summed E-state index contributed by atoms with van der Waals surface area (Å²) in [4.78, 5) is 0. The van der Waals surface area contributed by atoms with Gasteiger partial charge in [-0.05, 0) is 12.0 Å². The Morgan fingerprint density at radius 1 is 1.29 bits per heavy atom. The zero-order valence-corrected chi connectivity index (χ0v) is 10.7. The highest BCUT2D eigenvalue weighted by atomic mass is 32.2. The van der Waals surface area contributed by atoms with Crippen LogP contribution in [0, 0.1) is 11.3 Å². The molecule has 0 heterocycles. The third-order valence-corrected chi connectivity index (χ3v) is 4.36. The van der Waals surface area contributed by atoms with E-state index in [2.05, 4.69) is 0 Å². The maximum atomic E-state index is 11.8. The summed E-state index contributed by atoms with van der Waals surface area (Å²) >= 11 is 0. The lowest BCUT2D eigenvalue weighted by Gasteiger charge is -2.15.